The van der Waals surface area contributed by atoms with Crippen molar-refractivity contribution in [2.45, 2.75) is 62.2 Å². The van der Waals surface area contributed by atoms with Crippen molar-refractivity contribution in [1.82, 2.24) is 9.88 Å². The molecule has 7 nitrogen and oxygen atoms in total. The number of aromatic nitrogens is 1. The Bertz CT molecular complexity index is 1460. The van der Waals surface area contributed by atoms with Gasteiger partial charge in [-0.25, -0.2) is 4.79 Å². The minimum atomic E-state index is -1.02. The number of aliphatic hydroxyl groups is 1. The summed E-state index contributed by atoms with van der Waals surface area (Å²) in [5.74, 6) is 1.07. The molecular formula is C29H30N2O5. The topological polar surface area (TPSA) is 95.0 Å². The van der Waals surface area contributed by atoms with Crippen molar-refractivity contribution >= 4 is 16.9 Å². The molecule has 8 rings (SSSR count). The number of nitrogens with one attached hydrogen (secondary N) is 1. The van der Waals surface area contributed by atoms with Crippen LogP contribution in [-0.2, 0) is 23.0 Å². The molecule has 4 atom stereocenters. The Balaban J connectivity index is 1.34. The summed E-state index contributed by atoms with van der Waals surface area (Å²) in [5.41, 5.74) is 3.92. The molecule has 3 heterocycles. The molecule has 3 N–H and O–H groups in total. The second kappa shape index (κ2) is 6.84. The van der Waals surface area contributed by atoms with E-state index < -0.39 is 17.1 Å². The number of hydrogen-bond donors (Lipinski definition) is 3. The fourth-order valence-electron chi connectivity index (χ4n) is 7.97. The number of piperidine rings is 1. The maximum absolute atomic E-state index is 12.9. The Morgan fingerprint density at radius 1 is 1.28 bits per heavy atom. The van der Waals surface area contributed by atoms with Crippen LogP contribution in [0.4, 0.5) is 0 Å². The molecule has 1 saturated heterocycles. The van der Waals surface area contributed by atoms with Gasteiger partial charge in [-0.3, -0.25) is 4.90 Å². The molecule has 2 aliphatic heterocycles. The van der Waals surface area contributed by atoms with Crippen molar-refractivity contribution in [3.8, 4) is 11.5 Å². The van der Waals surface area contributed by atoms with E-state index in [-0.39, 0.29) is 17.8 Å². The van der Waals surface area contributed by atoms with Gasteiger partial charge in [0.2, 0.25) is 0 Å². The van der Waals surface area contributed by atoms with Crippen LogP contribution in [0.3, 0.4) is 0 Å². The summed E-state index contributed by atoms with van der Waals surface area (Å²) in [6.45, 7) is 4.08. The highest BCUT2D eigenvalue weighted by molar-refractivity contribution is 5.96. The Kier molecular flexibility index (Phi) is 4.01. The minimum absolute atomic E-state index is 0.00199. The van der Waals surface area contributed by atoms with Gasteiger partial charge in [0.05, 0.1) is 28.9 Å². The van der Waals surface area contributed by atoms with Gasteiger partial charge in [-0.1, -0.05) is 12.1 Å². The third-order valence-corrected chi connectivity index (χ3v) is 9.67. The van der Waals surface area contributed by atoms with Crippen LogP contribution in [0.25, 0.3) is 10.9 Å². The number of ether oxygens (including phenoxy) is 2. The van der Waals surface area contributed by atoms with E-state index >= 15 is 0 Å². The van der Waals surface area contributed by atoms with E-state index in [9.17, 15) is 15.0 Å². The van der Waals surface area contributed by atoms with E-state index in [1.807, 2.05) is 18.2 Å². The van der Waals surface area contributed by atoms with Crippen LogP contribution in [0, 0.1) is 5.92 Å². The standard InChI is InChI=1S/C29H30N2O5/c1-2-35-27(33)17-5-7-18-19-13-29(34)22-12-16-6-8-21(32)25-23(16)28(29,9-10-31(22)14-15-3-4-15)26(36-25)24(19)30-20(18)11-17/h5-8,11,15,22,26,30,32,34H,2-4,9-10,12-14H2,1H3/t22-,26-,28-,29+/m0/s1. The molecule has 186 valence electrons. The number of hydrogen-bond acceptors (Lipinski definition) is 6. The van der Waals surface area contributed by atoms with Crippen molar-refractivity contribution < 1.29 is 24.5 Å². The van der Waals surface area contributed by atoms with Crippen LogP contribution in [0.5, 0.6) is 11.5 Å². The average Bonchev–Trinajstić information content (AvgIpc) is 3.50. The van der Waals surface area contributed by atoms with Crippen molar-refractivity contribution in [2.24, 2.45) is 5.92 Å². The lowest BCUT2D eigenvalue weighted by molar-refractivity contribution is -0.173. The largest absolute Gasteiger partial charge is 0.504 e. The van der Waals surface area contributed by atoms with Gasteiger partial charge in [0, 0.05) is 35.5 Å². The van der Waals surface area contributed by atoms with Gasteiger partial charge in [0.25, 0.3) is 0 Å². The summed E-state index contributed by atoms with van der Waals surface area (Å²) < 4.78 is 11.8. The molecular weight excluding hydrogens is 456 g/mol. The lowest BCUT2D eigenvalue weighted by Gasteiger charge is -2.62. The first kappa shape index (κ1) is 21.1. The quantitative estimate of drug-likeness (QED) is 0.487. The first-order chi connectivity index (χ1) is 17.4. The number of phenols is 1. The molecule has 3 aromatic rings. The second-order valence-corrected chi connectivity index (χ2v) is 11.4. The van der Waals surface area contributed by atoms with Crippen LogP contribution in [0.1, 0.15) is 65.0 Å². The highest BCUT2D eigenvalue weighted by atomic mass is 16.5. The number of rotatable bonds is 4. The zero-order valence-electron chi connectivity index (χ0n) is 20.3. The van der Waals surface area contributed by atoms with E-state index in [2.05, 4.69) is 9.88 Å². The normalized spacial score (nSPS) is 31.6. The number of benzene rings is 2. The number of carbonyl (C=O) groups excluding carboxylic acids is 1. The van der Waals surface area contributed by atoms with Crippen molar-refractivity contribution in [3.63, 3.8) is 0 Å². The minimum Gasteiger partial charge on any atom is -0.504 e. The molecule has 2 bridgehead atoms. The van der Waals surface area contributed by atoms with Crippen LogP contribution in [-0.4, -0.2) is 57.4 Å². The number of aromatic amines is 1. The van der Waals surface area contributed by atoms with E-state index in [1.165, 1.54) is 18.4 Å². The van der Waals surface area contributed by atoms with Gasteiger partial charge < -0.3 is 24.7 Å². The molecule has 3 aliphatic carbocycles. The molecule has 0 unspecified atom stereocenters. The Hall–Kier alpha value is -3.03. The number of fused-ring (bicyclic) bond motifs is 4. The molecule has 0 amide bonds. The molecule has 1 aromatic heterocycles. The van der Waals surface area contributed by atoms with E-state index in [0.717, 1.165) is 59.6 Å². The van der Waals surface area contributed by atoms with Gasteiger partial charge in [-0.05, 0) is 74.4 Å². The van der Waals surface area contributed by atoms with E-state index in [1.54, 1.807) is 19.1 Å². The van der Waals surface area contributed by atoms with Crippen LogP contribution in [0.2, 0.25) is 0 Å². The summed E-state index contributed by atoms with van der Waals surface area (Å²) in [5, 5.41) is 24.7. The molecule has 36 heavy (non-hydrogen) atoms. The third kappa shape index (κ3) is 2.43. The predicted molar refractivity (Wildman–Crippen MR) is 132 cm³/mol. The monoisotopic (exact) mass is 486 g/mol. The number of likely N-dealkylation sites (tertiary alicyclic amines) is 1. The smallest absolute Gasteiger partial charge is 0.338 e. The molecule has 5 aliphatic rings. The van der Waals surface area contributed by atoms with E-state index in [4.69, 9.17) is 9.47 Å². The van der Waals surface area contributed by atoms with Crippen LogP contribution < -0.4 is 4.74 Å². The predicted octanol–water partition coefficient (Wildman–Crippen LogP) is 3.75. The molecule has 1 saturated carbocycles. The lowest BCUT2D eigenvalue weighted by Crippen LogP contribution is -2.74. The summed E-state index contributed by atoms with van der Waals surface area (Å²) in [6.07, 6.45) is 4.20. The lowest BCUT2D eigenvalue weighted by atomic mass is 9.49. The Morgan fingerprint density at radius 2 is 2.14 bits per heavy atom. The SMILES string of the molecule is CCOC(=O)c1ccc2c3c([nH]c2c1)[C@@H]1Oc2c(O)ccc4c2[C@@]12CCN(CC1CC1)[C@@H](C4)[C@]2(O)C3. The van der Waals surface area contributed by atoms with Gasteiger partial charge in [-0.15, -0.1) is 0 Å². The highest BCUT2D eigenvalue weighted by Crippen LogP contribution is 2.69. The Labute approximate surface area is 209 Å². The van der Waals surface area contributed by atoms with Gasteiger partial charge in [0.15, 0.2) is 17.6 Å². The number of phenolic OH excluding ortho intramolecular Hbond substituents is 1. The number of H-pyrrole nitrogens is 1. The van der Waals surface area contributed by atoms with Crippen LogP contribution >= 0.6 is 0 Å². The summed E-state index contributed by atoms with van der Waals surface area (Å²) >= 11 is 0. The maximum atomic E-state index is 12.9. The van der Waals surface area contributed by atoms with Crippen molar-refractivity contribution in [1.29, 1.82) is 0 Å². The Morgan fingerprint density at radius 3 is 2.94 bits per heavy atom. The number of aromatic hydroxyl groups is 1. The zero-order valence-corrected chi connectivity index (χ0v) is 20.3. The number of nitrogens with zero attached hydrogens (tertiary/aromatic N) is 1. The third-order valence-electron chi connectivity index (χ3n) is 9.67. The summed E-state index contributed by atoms with van der Waals surface area (Å²) in [7, 11) is 0. The number of esters is 1. The zero-order chi connectivity index (χ0) is 24.4. The van der Waals surface area contributed by atoms with Crippen LogP contribution in [0.15, 0.2) is 30.3 Å². The molecule has 7 heteroatoms. The fourth-order valence-corrected chi connectivity index (χ4v) is 7.97. The first-order valence-corrected chi connectivity index (χ1v) is 13.2. The van der Waals surface area contributed by atoms with Crippen molar-refractivity contribution in [3.05, 3.63) is 58.3 Å². The molecule has 2 aromatic carbocycles. The summed E-state index contributed by atoms with van der Waals surface area (Å²) in [4.78, 5) is 18.5. The fraction of sp³-hybridized carbons (Fsp3) is 0.483. The van der Waals surface area contributed by atoms with Gasteiger partial charge in [-0.2, -0.15) is 0 Å². The number of carbonyl (C=O) groups is 1. The molecule has 0 radical (unpaired) electrons. The van der Waals surface area contributed by atoms with Gasteiger partial charge in [0.1, 0.15) is 0 Å². The maximum Gasteiger partial charge on any atom is 0.338 e. The highest BCUT2D eigenvalue weighted by Gasteiger charge is 2.72. The molecule has 1 spiro atoms. The second-order valence-electron chi connectivity index (χ2n) is 11.4. The van der Waals surface area contributed by atoms with Crippen molar-refractivity contribution in [2.75, 3.05) is 19.7 Å². The van der Waals surface area contributed by atoms with Gasteiger partial charge >= 0.3 is 5.97 Å². The molecule has 2 fully saturated rings. The summed E-state index contributed by atoms with van der Waals surface area (Å²) in [6, 6.07) is 9.37. The first-order valence-electron chi connectivity index (χ1n) is 13.2. The van der Waals surface area contributed by atoms with E-state index in [0.29, 0.717) is 24.3 Å². The average molecular weight is 487 g/mol.